The van der Waals surface area contributed by atoms with Gasteiger partial charge in [0.2, 0.25) is 0 Å². The summed E-state index contributed by atoms with van der Waals surface area (Å²) >= 11 is 0. The Morgan fingerprint density at radius 3 is 2.33 bits per heavy atom. The third-order valence-corrected chi connectivity index (χ3v) is 5.05. The van der Waals surface area contributed by atoms with Crippen LogP contribution < -0.4 is 14.4 Å². The van der Waals surface area contributed by atoms with Crippen LogP contribution in [0.5, 0.6) is 11.5 Å². The van der Waals surface area contributed by atoms with E-state index in [9.17, 15) is 5.11 Å². The summed E-state index contributed by atoms with van der Waals surface area (Å²) in [5, 5.41) is 10.4. The van der Waals surface area contributed by atoms with Crippen molar-refractivity contribution in [3.63, 3.8) is 0 Å². The molecule has 0 aliphatic carbocycles. The average Bonchev–Trinajstić information content (AvgIpc) is 2.74. The molecule has 1 fully saturated rings. The molecule has 7 heteroatoms. The predicted octanol–water partition coefficient (Wildman–Crippen LogP) is 3.83. The van der Waals surface area contributed by atoms with Gasteiger partial charge in [0.05, 0.1) is 7.11 Å². The number of aliphatic hydroxyl groups excluding tert-OH is 1. The third-order valence-electron chi connectivity index (χ3n) is 5.05. The summed E-state index contributed by atoms with van der Waals surface area (Å²) in [4.78, 5) is 4.66. The standard InChI is InChI=1S/C23H30N2O3.2ClH/c1-3-6-19-7-4-5-8-23(19)28-18-21(26)17-24-13-15-25(16-14-24)20-9-11-22(27-2)12-10-20;;/h3-5,7-12,21,26H,1,6,13-18H2,2H3;2*1H. The zero-order valence-electron chi connectivity index (χ0n) is 17.4. The molecule has 0 spiro atoms. The molecule has 1 unspecified atom stereocenters. The number of methoxy groups -OCH3 is 1. The molecule has 166 valence electrons. The van der Waals surface area contributed by atoms with Gasteiger partial charge in [0.25, 0.3) is 0 Å². The molecular weight excluding hydrogens is 423 g/mol. The number of hydrogen-bond acceptors (Lipinski definition) is 5. The number of aliphatic hydroxyl groups is 1. The smallest absolute Gasteiger partial charge is 0.122 e. The van der Waals surface area contributed by atoms with Crippen LogP contribution in [0.1, 0.15) is 5.56 Å². The molecule has 0 saturated carbocycles. The minimum atomic E-state index is -0.510. The van der Waals surface area contributed by atoms with Crippen molar-refractivity contribution in [3.8, 4) is 11.5 Å². The first-order chi connectivity index (χ1) is 13.7. The zero-order valence-corrected chi connectivity index (χ0v) is 19.0. The first kappa shape index (κ1) is 26.1. The zero-order chi connectivity index (χ0) is 19.8. The van der Waals surface area contributed by atoms with Gasteiger partial charge < -0.3 is 19.5 Å². The second kappa shape index (κ2) is 13.4. The van der Waals surface area contributed by atoms with E-state index >= 15 is 0 Å². The summed E-state index contributed by atoms with van der Waals surface area (Å²) < 4.78 is 11.1. The van der Waals surface area contributed by atoms with Crippen LogP contribution in [0.2, 0.25) is 0 Å². The maximum Gasteiger partial charge on any atom is 0.122 e. The summed E-state index contributed by atoms with van der Waals surface area (Å²) in [7, 11) is 1.68. The Kier molecular flexibility index (Phi) is 11.7. The summed E-state index contributed by atoms with van der Waals surface area (Å²) in [6, 6.07) is 16.1. The summed E-state index contributed by atoms with van der Waals surface area (Å²) in [5.41, 5.74) is 2.31. The van der Waals surface area contributed by atoms with Crippen molar-refractivity contribution in [1.29, 1.82) is 0 Å². The minimum Gasteiger partial charge on any atom is -0.497 e. The molecule has 2 aromatic rings. The first-order valence-corrected chi connectivity index (χ1v) is 9.80. The van der Waals surface area contributed by atoms with E-state index in [1.165, 1.54) is 5.69 Å². The number of halogens is 2. The minimum absolute atomic E-state index is 0. The molecule has 3 rings (SSSR count). The SMILES string of the molecule is C=CCc1ccccc1OCC(O)CN1CCN(c2ccc(OC)cc2)CC1.Cl.Cl. The highest BCUT2D eigenvalue weighted by atomic mass is 35.5. The summed E-state index contributed by atoms with van der Waals surface area (Å²) in [6.45, 7) is 8.45. The van der Waals surface area contributed by atoms with E-state index in [1.807, 2.05) is 42.5 Å². The van der Waals surface area contributed by atoms with E-state index in [0.29, 0.717) is 13.2 Å². The molecule has 1 aliphatic rings. The molecular formula is C23H32Cl2N2O3. The molecule has 0 bridgehead atoms. The number of para-hydroxylation sites is 1. The number of ether oxygens (including phenoxy) is 2. The Morgan fingerprint density at radius 1 is 1.03 bits per heavy atom. The van der Waals surface area contributed by atoms with E-state index in [4.69, 9.17) is 9.47 Å². The number of benzene rings is 2. The van der Waals surface area contributed by atoms with Crippen molar-refractivity contribution in [1.82, 2.24) is 4.90 Å². The molecule has 1 atom stereocenters. The van der Waals surface area contributed by atoms with Gasteiger partial charge in [0, 0.05) is 38.4 Å². The number of piperazine rings is 1. The molecule has 0 amide bonds. The lowest BCUT2D eigenvalue weighted by Gasteiger charge is -2.36. The normalized spacial score (nSPS) is 14.8. The lowest BCUT2D eigenvalue weighted by Crippen LogP contribution is -2.49. The Morgan fingerprint density at radius 2 is 1.70 bits per heavy atom. The van der Waals surface area contributed by atoms with Crippen molar-refractivity contribution in [3.05, 3.63) is 66.7 Å². The molecule has 1 aliphatic heterocycles. The van der Waals surface area contributed by atoms with Crippen LogP contribution in [0.25, 0.3) is 0 Å². The molecule has 1 saturated heterocycles. The first-order valence-electron chi connectivity index (χ1n) is 9.80. The summed E-state index contributed by atoms with van der Waals surface area (Å²) in [5.74, 6) is 1.70. The van der Waals surface area contributed by atoms with Crippen LogP contribution in [0.4, 0.5) is 5.69 Å². The summed E-state index contributed by atoms with van der Waals surface area (Å²) in [6.07, 6.45) is 2.12. The van der Waals surface area contributed by atoms with Gasteiger partial charge in [-0.25, -0.2) is 0 Å². The van der Waals surface area contributed by atoms with Gasteiger partial charge in [-0.1, -0.05) is 24.3 Å². The largest absolute Gasteiger partial charge is 0.497 e. The van der Waals surface area contributed by atoms with Crippen LogP contribution in [-0.4, -0.2) is 62.6 Å². The highest BCUT2D eigenvalue weighted by Gasteiger charge is 2.20. The monoisotopic (exact) mass is 454 g/mol. The van der Waals surface area contributed by atoms with Crippen molar-refractivity contribution < 1.29 is 14.6 Å². The molecule has 1 N–H and O–H groups in total. The van der Waals surface area contributed by atoms with E-state index < -0.39 is 6.10 Å². The van der Waals surface area contributed by atoms with Gasteiger partial charge in [-0.05, 0) is 42.3 Å². The Hall–Kier alpha value is -1.92. The maximum absolute atomic E-state index is 10.4. The predicted molar refractivity (Wildman–Crippen MR) is 128 cm³/mol. The number of hydrogen-bond donors (Lipinski definition) is 1. The quantitative estimate of drug-likeness (QED) is 0.583. The van der Waals surface area contributed by atoms with E-state index in [-0.39, 0.29) is 24.8 Å². The Labute approximate surface area is 192 Å². The van der Waals surface area contributed by atoms with Crippen molar-refractivity contribution in [2.75, 3.05) is 51.3 Å². The van der Waals surface area contributed by atoms with Gasteiger partial charge in [-0.15, -0.1) is 31.4 Å². The molecule has 0 radical (unpaired) electrons. The number of nitrogens with zero attached hydrogens (tertiary/aromatic N) is 2. The molecule has 2 aromatic carbocycles. The Bertz CT molecular complexity index is 750. The van der Waals surface area contributed by atoms with Gasteiger partial charge in [-0.3, -0.25) is 4.90 Å². The van der Waals surface area contributed by atoms with Crippen LogP contribution in [0, 0.1) is 0 Å². The van der Waals surface area contributed by atoms with Crippen molar-refractivity contribution >= 4 is 30.5 Å². The second-order valence-corrected chi connectivity index (χ2v) is 7.05. The number of β-amino-alcohol motifs (C(OH)–C–C–N with tert-alkyl or cyclic N) is 1. The lowest BCUT2D eigenvalue weighted by atomic mass is 10.1. The van der Waals surface area contributed by atoms with Gasteiger partial charge in [0.1, 0.15) is 24.2 Å². The number of anilines is 1. The topological polar surface area (TPSA) is 45.2 Å². The molecule has 0 aromatic heterocycles. The van der Waals surface area contributed by atoms with Gasteiger partial charge >= 0.3 is 0 Å². The second-order valence-electron chi connectivity index (χ2n) is 7.05. The third kappa shape index (κ3) is 7.40. The van der Waals surface area contributed by atoms with E-state index in [2.05, 4.69) is 28.5 Å². The van der Waals surface area contributed by atoms with Crippen LogP contribution in [0.15, 0.2) is 61.2 Å². The van der Waals surface area contributed by atoms with Crippen molar-refractivity contribution in [2.45, 2.75) is 12.5 Å². The van der Waals surface area contributed by atoms with Crippen LogP contribution in [0.3, 0.4) is 0 Å². The average molecular weight is 455 g/mol. The molecule has 30 heavy (non-hydrogen) atoms. The van der Waals surface area contributed by atoms with Gasteiger partial charge in [-0.2, -0.15) is 0 Å². The maximum atomic E-state index is 10.4. The number of rotatable bonds is 9. The Balaban J connectivity index is 0.00000225. The van der Waals surface area contributed by atoms with E-state index in [0.717, 1.165) is 49.7 Å². The van der Waals surface area contributed by atoms with E-state index in [1.54, 1.807) is 7.11 Å². The van der Waals surface area contributed by atoms with Crippen LogP contribution in [-0.2, 0) is 6.42 Å². The highest BCUT2D eigenvalue weighted by molar-refractivity contribution is 5.85. The fourth-order valence-corrected chi connectivity index (χ4v) is 3.49. The fourth-order valence-electron chi connectivity index (χ4n) is 3.49. The number of allylic oxidation sites excluding steroid dienone is 1. The highest BCUT2D eigenvalue weighted by Crippen LogP contribution is 2.21. The van der Waals surface area contributed by atoms with Crippen molar-refractivity contribution in [2.24, 2.45) is 0 Å². The fraction of sp³-hybridized carbons (Fsp3) is 0.391. The van der Waals surface area contributed by atoms with Gasteiger partial charge in [0.15, 0.2) is 0 Å². The van der Waals surface area contributed by atoms with Crippen LogP contribution >= 0.6 is 24.8 Å². The lowest BCUT2D eigenvalue weighted by molar-refractivity contribution is 0.0660. The molecule has 1 heterocycles. The molecule has 5 nitrogen and oxygen atoms in total.